The molecule has 3 nitrogen and oxygen atoms in total. The van der Waals surface area contributed by atoms with Crippen LogP contribution in [0.15, 0.2) is 24.3 Å². The van der Waals surface area contributed by atoms with E-state index in [2.05, 4.69) is 61.0 Å². The van der Waals surface area contributed by atoms with Crippen LogP contribution in [0, 0.1) is 0 Å². The van der Waals surface area contributed by atoms with Crippen LogP contribution in [0.5, 0.6) is 0 Å². The number of carbonyl (C=O) groups excluding carboxylic acids is 1. The Bertz CT molecular complexity index is 362. The van der Waals surface area contributed by atoms with E-state index in [9.17, 15) is 4.79 Å². The second kappa shape index (κ2) is 8.53. The molecule has 0 aliphatic carbocycles. The fourth-order valence-corrected chi connectivity index (χ4v) is 2.57. The van der Waals surface area contributed by atoms with Gasteiger partial charge in [-0.05, 0) is 24.1 Å². The number of anilines is 1. The molecule has 0 atom stereocenters. The molecule has 0 radical (unpaired) electrons. The SMILES string of the molecule is NC(=O)CCc1ccc(N(CCBr)CCBr)cc1. The van der Waals surface area contributed by atoms with Crippen molar-refractivity contribution in [1.29, 1.82) is 0 Å². The molecule has 1 aromatic carbocycles. The van der Waals surface area contributed by atoms with Crippen LogP contribution >= 0.6 is 31.9 Å². The van der Waals surface area contributed by atoms with Crippen LogP contribution < -0.4 is 10.6 Å². The van der Waals surface area contributed by atoms with Crippen molar-refractivity contribution in [2.24, 2.45) is 5.73 Å². The first-order valence-corrected chi connectivity index (χ1v) is 8.15. The molecular weight excluding hydrogens is 360 g/mol. The third kappa shape index (κ3) is 5.40. The minimum absolute atomic E-state index is 0.251. The van der Waals surface area contributed by atoms with Crippen LogP contribution in [0.2, 0.25) is 0 Å². The van der Waals surface area contributed by atoms with Gasteiger partial charge in [0.2, 0.25) is 5.91 Å². The lowest BCUT2D eigenvalue weighted by molar-refractivity contribution is -0.117. The summed E-state index contributed by atoms with van der Waals surface area (Å²) in [6.45, 7) is 1.96. The predicted octanol–water partition coefficient (Wildman–Crippen LogP) is 2.70. The Morgan fingerprint density at radius 2 is 1.67 bits per heavy atom. The first-order valence-electron chi connectivity index (χ1n) is 5.91. The maximum Gasteiger partial charge on any atom is 0.217 e. The molecule has 0 aromatic heterocycles. The van der Waals surface area contributed by atoms with Gasteiger partial charge in [0.15, 0.2) is 0 Å². The molecule has 100 valence electrons. The van der Waals surface area contributed by atoms with Crippen LogP contribution in [0.3, 0.4) is 0 Å². The Morgan fingerprint density at radius 1 is 1.11 bits per heavy atom. The summed E-state index contributed by atoms with van der Waals surface area (Å²) in [7, 11) is 0. The summed E-state index contributed by atoms with van der Waals surface area (Å²) in [4.78, 5) is 13.0. The van der Waals surface area contributed by atoms with E-state index in [0.29, 0.717) is 12.8 Å². The fraction of sp³-hybridized carbons (Fsp3) is 0.462. The molecule has 5 heteroatoms. The topological polar surface area (TPSA) is 46.3 Å². The van der Waals surface area contributed by atoms with E-state index >= 15 is 0 Å². The molecule has 0 aliphatic rings. The minimum Gasteiger partial charge on any atom is -0.370 e. The van der Waals surface area contributed by atoms with Crippen LogP contribution in [0.25, 0.3) is 0 Å². The van der Waals surface area contributed by atoms with Gasteiger partial charge in [0.25, 0.3) is 0 Å². The molecule has 0 saturated heterocycles. The van der Waals surface area contributed by atoms with Gasteiger partial charge in [-0.2, -0.15) is 0 Å². The molecule has 2 N–H and O–H groups in total. The van der Waals surface area contributed by atoms with Crippen LogP contribution in [-0.2, 0) is 11.2 Å². The molecule has 0 saturated carbocycles. The average Bonchev–Trinajstić information content (AvgIpc) is 2.37. The number of nitrogens with two attached hydrogens (primary N) is 1. The van der Waals surface area contributed by atoms with Crippen molar-refractivity contribution in [3.05, 3.63) is 29.8 Å². The zero-order valence-corrected chi connectivity index (χ0v) is 13.4. The quantitative estimate of drug-likeness (QED) is 0.708. The standard InChI is InChI=1S/C13H18Br2N2O/c14-7-9-17(10-8-15)12-4-1-11(2-5-12)3-6-13(16)18/h1-2,4-5H,3,6-10H2,(H2,16,18). The van der Waals surface area contributed by atoms with Crippen molar-refractivity contribution < 1.29 is 4.79 Å². The maximum atomic E-state index is 10.7. The Kier molecular flexibility index (Phi) is 7.35. The van der Waals surface area contributed by atoms with E-state index in [0.717, 1.165) is 29.3 Å². The average molecular weight is 378 g/mol. The monoisotopic (exact) mass is 376 g/mol. The number of primary amides is 1. The van der Waals surface area contributed by atoms with Gasteiger partial charge in [-0.15, -0.1) is 0 Å². The smallest absolute Gasteiger partial charge is 0.217 e. The van der Waals surface area contributed by atoms with Crippen molar-refractivity contribution >= 4 is 43.5 Å². The Hall–Kier alpha value is -0.550. The lowest BCUT2D eigenvalue weighted by Crippen LogP contribution is -2.27. The highest BCUT2D eigenvalue weighted by Crippen LogP contribution is 2.16. The van der Waals surface area contributed by atoms with Gasteiger partial charge in [0.05, 0.1) is 0 Å². The van der Waals surface area contributed by atoms with Gasteiger partial charge < -0.3 is 10.6 Å². The number of nitrogens with zero attached hydrogens (tertiary/aromatic N) is 1. The molecule has 0 aliphatic heterocycles. The number of hydrogen-bond acceptors (Lipinski definition) is 2. The number of alkyl halides is 2. The van der Waals surface area contributed by atoms with E-state index < -0.39 is 0 Å². The second-order valence-electron chi connectivity index (χ2n) is 4.00. The largest absolute Gasteiger partial charge is 0.370 e. The molecule has 0 bridgehead atoms. The van der Waals surface area contributed by atoms with Crippen molar-refractivity contribution in [1.82, 2.24) is 0 Å². The zero-order chi connectivity index (χ0) is 13.4. The van der Waals surface area contributed by atoms with E-state index in [4.69, 9.17) is 5.73 Å². The summed E-state index contributed by atoms with van der Waals surface area (Å²) in [5.41, 5.74) is 7.49. The van der Waals surface area contributed by atoms with Crippen LogP contribution in [-0.4, -0.2) is 29.7 Å². The Balaban J connectivity index is 2.64. The van der Waals surface area contributed by atoms with Crippen LogP contribution in [0.4, 0.5) is 5.69 Å². The number of aryl methyl sites for hydroxylation is 1. The highest BCUT2D eigenvalue weighted by Gasteiger charge is 2.05. The van der Waals surface area contributed by atoms with Gasteiger partial charge in [0.1, 0.15) is 0 Å². The maximum absolute atomic E-state index is 10.7. The number of rotatable bonds is 8. The summed E-state index contributed by atoms with van der Waals surface area (Å²) in [5, 5.41) is 1.90. The van der Waals surface area contributed by atoms with Crippen LogP contribution in [0.1, 0.15) is 12.0 Å². The minimum atomic E-state index is -0.251. The third-order valence-electron chi connectivity index (χ3n) is 2.67. The van der Waals surface area contributed by atoms with Gasteiger partial charge in [-0.3, -0.25) is 4.79 Å². The van der Waals surface area contributed by atoms with E-state index in [1.54, 1.807) is 0 Å². The number of amides is 1. The van der Waals surface area contributed by atoms with Gasteiger partial charge in [0, 0.05) is 35.9 Å². The summed E-state index contributed by atoms with van der Waals surface area (Å²) in [5.74, 6) is -0.251. The van der Waals surface area contributed by atoms with Crippen molar-refractivity contribution in [3.63, 3.8) is 0 Å². The molecular formula is C13H18Br2N2O. The molecule has 0 unspecified atom stereocenters. The van der Waals surface area contributed by atoms with Crippen molar-refractivity contribution in [2.45, 2.75) is 12.8 Å². The van der Waals surface area contributed by atoms with E-state index in [-0.39, 0.29) is 5.91 Å². The first-order chi connectivity index (χ1) is 8.67. The molecule has 0 heterocycles. The second-order valence-corrected chi connectivity index (χ2v) is 5.58. The predicted molar refractivity (Wildman–Crippen MR) is 83.8 cm³/mol. The molecule has 0 spiro atoms. The van der Waals surface area contributed by atoms with Crippen molar-refractivity contribution in [2.75, 3.05) is 28.6 Å². The molecule has 1 rings (SSSR count). The number of benzene rings is 1. The molecule has 1 amide bonds. The summed E-state index contributed by atoms with van der Waals surface area (Å²) in [6, 6.07) is 8.32. The lowest BCUT2D eigenvalue weighted by atomic mass is 10.1. The molecule has 1 aromatic rings. The van der Waals surface area contributed by atoms with Crippen molar-refractivity contribution in [3.8, 4) is 0 Å². The summed E-state index contributed by atoms with van der Waals surface area (Å²) >= 11 is 6.93. The highest BCUT2D eigenvalue weighted by molar-refractivity contribution is 9.09. The van der Waals surface area contributed by atoms with Gasteiger partial charge in [-0.25, -0.2) is 0 Å². The van der Waals surface area contributed by atoms with E-state index in [1.165, 1.54) is 5.69 Å². The highest BCUT2D eigenvalue weighted by atomic mass is 79.9. The normalized spacial score (nSPS) is 10.3. The third-order valence-corrected chi connectivity index (χ3v) is 3.38. The number of carbonyl (C=O) groups is 1. The summed E-state index contributed by atoms with van der Waals surface area (Å²) < 4.78 is 0. The van der Waals surface area contributed by atoms with Gasteiger partial charge >= 0.3 is 0 Å². The lowest BCUT2D eigenvalue weighted by Gasteiger charge is -2.23. The van der Waals surface area contributed by atoms with Gasteiger partial charge in [-0.1, -0.05) is 44.0 Å². The number of hydrogen-bond donors (Lipinski definition) is 1. The summed E-state index contributed by atoms with van der Waals surface area (Å²) in [6.07, 6.45) is 1.12. The molecule has 18 heavy (non-hydrogen) atoms. The molecule has 0 fully saturated rings. The zero-order valence-electron chi connectivity index (χ0n) is 10.2. The number of halogens is 2. The first kappa shape index (κ1) is 15.5. The van der Waals surface area contributed by atoms with E-state index in [1.807, 2.05) is 0 Å². The fourth-order valence-electron chi connectivity index (χ4n) is 1.72. The Morgan fingerprint density at radius 3 is 2.11 bits per heavy atom. The Labute approximate surface area is 125 Å².